The second-order valence-corrected chi connectivity index (χ2v) is 5.94. The van der Waals surface area contributed by atoms with E-state index in [0.29, 0.717) is 5.75 Å². The molecule has 1 aliphatic rings. The number of benzene rings is 3. The van der Waals surface area contributed by atoms with Crippen LogP contribution < -0.4 is 5.32 Å². The lowest BCUT2D eigenvalue weighted by molar-refractivity contribution is 0.478. The minimum Gasteiger partial charge on any atom is -0.507 e. The lowest BCUT2D eigenvalue weighted by Crippen LogP contribution is -2.13. The molecule has 0 spiro atoms. The van der Waals surface area contributed by atoms with Crippen LogP contribution >= 0.6 is 0 Å². The Bertz CT molecular complexity index is 825. The Kier molecular flexibility index (Phi) is 3.51. The summed E-state index contributed by atoms with van der Waals surface area (Å²) in [5, 5.41) is 14.5. The number of phenols is 1. The van der Waals surface area contributed by atoms with Crippen LogP contribution in [0.3, 0.4) is 0 Å². The third-order valence-electron chi connectivity index (χ3n) is 4.47. The molecule has 0 saturated carbocycles. The van der Waals surface area contributed by atoms with E-state index in [9.17, 15) is 5.11 Å². The predicted octanol–water partition coefficient (Wildman–Crippen LogP) is 5.08. The SMILES string of the molecule is Oc1c(-c2ccccc2)cc2c(c1-c1ccccc1)CCCN2. The van der Waals surface area contributed by atoms with Gasteiger partial charge in [0.15, 0.2) is 0 Å². The number of rotatable bonds is 2. The molecule has 23 heavy (non-hydrogen) atoms. The first kappa shape index (κ1) is 13.9. The van der Waals surface area contributed by atoms with Gasteiger partial charge in [-0.25, -0.2) is 0 Å². The number of phenolic OH excluding ortho intramolecular Hbond substituents is 1. The molecule has 0 radical (unpaired) electrons. The topological polar surface area (TPSA) is 32.3 Å². The van der Waals surface area contributed by atoms with Crippen molar-refractivity contribution in [2.24, 2.45) is 0 Å². The second-order valence-electron chi connectivity index (χ2n) is 5.94. The van der Waals surface area contributed by atoms with E-state index in [4.69, 9.17) is 0 Å². The second kappa shape index (κ2) is 5.81. The Hall–Kier alpha value is -2.74. The number of fused-ring (bicyclic) bond motifs is 1. The summed E-state index contributed by atoms with van der Waals surface area (Å²) in [4.78, 5) is 0. The number of aromatic hydroxyl groups is 1. The normalized spacial score (nSPS) is 13.2. The zero-order valence-corrected chi connectivity index (χ0v) is 12.9. The van der Waals surface area contributed by atoms with Crippen LogP contribution in [0.1, 0.15) is 12.0 Å². The molecule has 114 valence electrons. The Morgan fingerprint density at radius 3 is 2.17 bits per heavy atom. The third-order valence-corrected chi connectivity index (χ3v) is 4.47. The molecular formula is C21H19NO. The molecule has 2 N–H and O–H groups in total. The van der Waals surface area contributed by atoms with Gasteiger partial charge in [0.05, 0.1) is 0 Å². The molecule has 2 nitrogen and oxygen atoms in total. The van der Waals surface area contributed by atoms with Gasteiger partial charge in [-0.05, 0) is 35.6 Å². The number of nitrogens with one attached hydrogen (secondary N) is 1. The van der Waals surface area contributed by atoms with Crippen LogP contribution in [0.5, 0.6) is 5.75 Å². The van der Waals surface area contributed by atoms with E-state index >= 15 is 0 Å². The molecule has 0 atom stereocenters. The molecule has 0 aliphatic carbocycles. The van der Waals surface area contributed by atoms with E-state index in [1.807, 2.05) is 48.5 Å². The van der Waals surface area contributed by atoms with Crippen molar-refractivity contribution in [3.63, 3.8) is 0 Å². The van der Waals surface area contributed by atoms with Gasteiger partial charge >= 0.3 is 0 Å². The van der Waals surface area contributed by atoms with E-state index in [0.717, 1.165) is 47.3 Å². The van der Waals surface area contributed by atoms with Gasteiger partial charge in [-0.1, -0.05) is 60.7 Å². The predicted molar refractivity (Wildman–Crippen MR) is 95.8 cm³/mol. The Morgan fingerprint density at radius 2 is 1.48 bits per heavy atom. The molecule has 0 amide bonds. The molecule has 4 rings (SSSR count). The standard InChI is InChI=1S/C21H19NO/c23-21-18(15-8-3-1-4-9-15)14-19-17(12-7-13-22-19)20(21)16-10-5-2-6-11-16/h1-6,8-11,14,22-23H,7,12-13H2. The highest BCUT2D eigenvalue weighted by Gasteiger charge is 2.21. The summed E-state index contributed by atoms with van der Waals surface area (Å²) in [7, 11) is 0. The molecule has 0 saturated heterocycles. The van der Waals surface area contributed by atoms with Crippen molar-refractivity contribution >= 4 is 5.69 Å². The maximum atomic E-state index is 11.0. The highest BCUT2D eigenvalue weighted by molar-refractivity contribution is 5.89. The monoisotopic (exact) mass is 301 g/mol. The van der Waals surface area contributed by atoms with Crippen molar-refractivity contribution in [2.45, 2.75) is 12.8 Å². The zero-order chi connectivity index (χ0) is 15.6. The van der Waals surface area contributed by atoms with Gasteiger partial charge in [0.1, 0.15) is 5.75 Å². The average Bonchev–Trinajstić information content (AvgIpc) is 2.63. The van der Waals surface area contributed by atoms with Gasteiger partial charge < -0.3 is 10.4 Å². The Morgan fingerprint density at radius 1 is 0.826 bits per heavy atom. The summed E-state index contributed by atoms with van der Waals surface area (Å²) in [6, 6.07) is 22.4. The van der Waals surface area contributed by atoms with Gasteiger partial charge in [-0.3, -0.25) is 0 Å². The number of hydrogen-bond donors (Lipinski definition) is 2. The molecule has 3 aromatic carbocycles. The van der Waals surface area contributed by atoms with Crippen LogP contribution in [0.25, 0.3) is 22.3 Å². The van der Waals surface area contributed by atoms with E-state index < -0.39 is 0 Å². The fraction of sp³-hybridized carbons (Fsp3) is 0.143. The van der Waals surface area contributed by atoms with Crippen molar-refractivity contribution in [2.75, 3.05) is 11.9 Å². The first-order valence-corrected chi connectivity index (χ1v) is 8.08. The summed E-state index contributed by atoms with van der Waals surface area (Å²) in [6.07, 6.45) is 2.09. The van der Waals surface area contributed by atoms with Crippen molar-refractivity contribution in [3.05, 3.63) is 72.3 Å². The number of hydrogen-bond acceptors (Lipinski definition) is 2. The van der Waals surface area contributed by atoms with Crippen LogP contribution in [0.2, 0.25) is 0 Å². The summed E-state index contributed by atoms with van der Waals surface area (Å²) < 4.78 is 0. The molecule has 2 heteroatoms. The molecular weight excluding hydrogens is 282 g/mol. The van der Waals surface area contributed by atoms with Crippen LogP contribution in [-0.2, 0) is 6.42 Å². The summed E-state index contributed by atoms with van der Waals surface area (Å²) in [5.74, 6) is 0.379. The van der Waals surface area contributed by atoms with Crippen molar-refractivity contribution < 1.29 is 5.11 Å². The minimum absolute atomic E-state index is 0.379. The van der Waals surface area contributed by atoms with E-state index in [-0.39, 0.29) is 0 Å². The van der Waals surface area contributed by atoms with Gasteiger partial charge in [0.2, 0.25) is 0 Å². The minimum atomic E-state index is 0.379. The Labute approximate surface area is 136 Å². The largest absolute Gasteiger partial charge is 0.507 e. The maximum Gasteiger partial charge on any atom is 0.131 e. The first-order valence-electron chi connectivity index (χ1n) is 8.08. The van der Waals surface area contributed by atoms with Crippen molar-refractivity contribution in [3.8, 4) is 28.0 Å². The lowest BCUT2D eigenvalue weighted by atomic mass is 9.88. The highest BCUT2D eigenvalue weighted by Crippen LogP contribution is 2.45. The maximum absolute atomic E-state index is 11.0. The van der Waals surface area contributed by atoms with Crippen LogP contribution in [-0.4, -0.2) is 11.7 Å². The van der Waals surface area contributed by atoms with Gasteiger partial charge in [0.25, 0.3) is 0 Å². The van der Waals surface area contributed by atoms with E-state index in [2.05, 4.69) is 23.5 Å². The molecule has 0 bridgehead atoms. The van der Waals surface area contributed by atoms with Crippen molar-refractivity contribution in [1.82, 2.24) is 0 Å². The van der Waals surface area contributed by atoms with Crippen LogP contribution in [0.15, 0.2) is 66.7 Å². The van der Waals surface area contributed by atoms with Crippen LogP contribution in [0, 0.1) is 0 Å². The fourth-order valence-electron chi connectivity index (χ4n) is 3.37. The van der Waals surface area contributed by atoms with E-state index in [1.165, 1.54) is 5.56 Å². The third kappa shape index (κ3) is 2.46. The van der Waals surface area contributed by atoms with Crippen molar-refractivity contribution in [1.29, 1.82) is 0 Å². The summed E-state index contributed by atoms with van der Waals surface area (Å²) >= 11 is 0. The van der Waals surface area contributed by atoms with Gasteiger partial charge in [-0.15, -0.1) is 0 Å². The highest BCUT2D eigenvalue weighted by atomic mass is 16.3. The zero-order valence-electron chi connectivity index (χ0n) is 12.9. The first-order chi connectivity index (χ1) is 11.3. The van der Waals surface area contributed by atoms with Gasteiger partial charge in [0, 0.05) is 23.4 Å². The summed E-state index contributed by atoms with van der Waals surface area (Å²) in [5.41, 5.74) is 6.33. The smallest absolute Gasteiger partial charge is 0.131 e. The van der Waals surface area contributed by atoms with Crippen LogP contribution in [0.4, 0.5) is 5.69 Å². The number of anilines is 1. The van der Waals surface area contributed by atoms with Gasteiger partial charge in [-0.2, -0.15) is 0 Å². The average molecular weight is 301 g/mol. The molecule has 3 aromatic rings. The lowest BCUT2D eigenvalue weighted by Gasteiger charge is -2.24. The summed E-state index contributed by atoms with van der Waals surface area (Å²) in [6.45, 7) is 0.986. The molecule has 0 fully saturated rings. The molecule has 0 aromatic heterocycles. The van der Waals surface area contributed by atoms with E-state index in [1.54, 1.807) is 0 Å². The molecule has 1 heterocycles. The molecule has 1 aliphatic heterocycles. The quantitative estimate of drug-likeness (QED) is 0.647. The molecule has 0 unspecified atom stereocenters. The fourth-order valence-corrected chi connectivity index (χ4v) is 3.37. The Balaban J connectivity index is 2.00.